The second-order valence-electron chi connectivity index (χ2n) is 6.13. The molecule has 2 aliphatic rings. The number of likely N-dealkylation sites (tertiary alicyclic amines) is 1. The lowest BCUT2D eigenvalue weighted by Crippen LogP contribution is -2.40. The van der Waals surface area contributed by atoms with Gasteiger partial charge in [0.2, 0.25) is 0 Å². The van der Waals surface area contributed by atoms with Gasteiger partial charge in [0.15, 0.2) is 0 Å². The van der Waals surface area contributed by atoms with E-state index in [0.717, 1.165) is 38.0 Å². The number of fused-ring (bicyclic) bond motifs is 1. The van der Waals surface area contributed by atoms with E-state index in [0.29, 0.717) is 23.8 Å². The third kappa shape index (κ3) is 2.45. The summed E-state index contributed by atoms with van der Waals surface area (Å²) in [5.74, 6) is 0.980. The molecule has 1 aromatic heterocycles. The monoisotopic (exact) mass is 290 g/mol. The molecular formula is C16H22N2O3. The Hall–Kier alpha value is -1.78. The Morgan fingerprint density at radius 2 is 2.14 bits per heavy atom. The molecule has 0 aliphatic carbocycles. The van der Waals surface area contributed by atoms with Gasteiger partial charge in [0, 0.05) is 31.4 Å². The number of nitrogens with zero attached hydrogens (tertiary/aromatic N) is 2. The zero-order chi connectivity index (χ0) is 15.0. The van der Waals surface area contributed by atoms with Crippen LogP contribution in [0.5, 0.6) is 5.75 Å². The van der Waals surface area contributed by atoms with Crippen LogP contribution in [0.4, 0.5) is 0 Å². The molecule has 3 heterocycles. The molecule has 1 aromatic rings. The SMILES string of the molecule is COc1cc(=O)n2c(c1C(=O)N1CCC[C@H](C)C1)CCC2. The molecule has 114 valence electrons. The van der Waals surface area contributed by atoms with Crippen LogP contribution in [0.15, 0.2) is 10.9 Å². The summed E-state index contributed by atoms with van der Waals surface area (Å²) >= 11 is 0. The summed E-state index contributed by atoms with van der Waals surface area (Å²) in [5.41, 5.74) is 1.38. The molecule has 0 radical (unpaired) electrons. The van der Waals surface area contributed by atoms with Gasteiger partial charge in [-0.25, -0.2) is 0 Å². The van der Waals surface area contributed by atoms with Crippen LogP contribution in [0.2, 0.25) is 0 Å². The fourth-order valence-electron chi connectivity index (χ4n) is 3.50. The van der Waals surface area contributed by atoms with E-state index < -0.39 is 0 Å². The molecule has 0 bridgehead atoms. The van der Waals surface area contributed by atoms with Crippen LogP contribution < -0.4 is 10.3 Å². The number of pyridine rings is 1. The molecule has 0 saturated carbocycles. The van der Waals surface area contributed by atoms with Crippen molar-refractivity contribution in [3.8, 4) is 5.75 Å². The van der Waals surface area contributed by atoms with Crippen LogP contribution in [-0.4, -0.2) is 35.6 Å². The zero-order valence-corrected chi connectivity index (χ0v) is 12.7. The first-order valence-electron chi connectivity index (χ1n) is 7.71. The van der Waals surface area contributed by atoms with Crippen molar-refractivity contribution < 1.29 is 9.53 Å². The molecule has 1 amide bonds. The second kappa shape index (κ2) is 5.54. The third-order valence-corrected chi connectivity index (χ3v) is 4.55. The van der Waals surface area contributed by atoms with Crippen LogP contribution in [0.25, 0.3) is 0 Å². The van der Waals surface area contributed by atoms with Gasteiger partial charge in [0.25, 0.3) is 11.5 Å². The highest BCUT2D eigenvalue weighted by atomic mass is 16.5. The lowest BCUT2D eigenvalue weighted by atomic mass is 9.99. The topological polar surface area (TPSA) is 51.5 Å². The van der Waals surface area contributed by atoms with Gasteiger partial charge >= 0.3 is 0 Å². The first kappa shape index (κ1) is 14.2. The number of aromatic nitrogens is 1. The van der Waals surface area contributed by atoms with Crippen LogP contribution in [0.1, 0.15) is 42.2 Å². The largest absolute Gasteiger partial charge is 0.496 e. The summed E-state index contributed by atoms with van der Waals surface area (Å²) in [6, 6.07) is 1.45. The van der Waals surface area contributed by atoms with E-state index in [9.17, 15) is 9.59 Å². The highest BCUT2D eigenvalue weighted by molar-refractivity contribution is 5.98. The van der Waals surface area contributed by atoms with E-state index in [2.05, 4.69) is 6.92 Å². The summed E-state index contributed by atoms with van der Waals surface area (Å²) in [6.45, 7) is 4.47. The number of methoxy groups -OCH3 is 1. The summed E-state index contributed by atoms with van der Waals surface area (Å²) in [5, 5.41) is 0. The van der Waals surface area contributed by atoms with Crippen LogP contribution >= 0.6 is 0 Å². The fourth-order valence-corrected chi connectivity index (χ4v) is 3.50. The fraction of sp³-hybridized carbons (Fsp3) is 0.625. The molecule has 3 rings (SSSR count). The van der Waals surface area contributed by atoms with Gasteiger partial charge in [-0.2, -0.15) is 0 Å². The summed E-state index contributed by atoms with van der Waals surface area (Å²) < 4.78 is 7.05. The Morgan fingerprint density at radius 1 is 1.33 bits per heavy atom. The first-order valence-corrected chi connectivity index (χ1v) is 7.71. The van der Waals surface area contributed by atoms with Gasteiger partial charge in [-0.3, -0.25) is 9.59 Å². The Bertz CT molecular complexity index is 621. The highest BCUT2D eigenvalue weighted by Gasteiger charge is 2.30. The van der Waals surface area contributed by atoms with Crippen LogP contribution in [0.3, 0.4) is 0 Å². The van der Waals surface area contributed by atoms with E-state index in [1.54, 1.807) is 4.57 Å². The Kier molecular flexibility index (Phi) is 3.74. The number of ether oxygens (including phenoxy) is 1. The number of hydrogen-bond acceptors (Lipinski definition) is 3. The predicted molar refractivity (Wildman–Crippen MR) is 79.9 cm³/mol. The molecule has 0 unspecified atom stereocenters. The number of rotatable bonds is 2. The number of hydrogen-bond donors (Lipinski definition) is 0. The van der Waals surface area contributed by atoms with Gasteiger partial charge in [-0.15, -0.1) is 0 Å². The van der Waals surface area contributed by atoms with Crippen molar-refractivity contribution in [3.63, 3.8) is 0 Å². The maximum Gasteiger partial charge on any atom is 0.259 e. The third-order valence-electron chi connectivity index (χ3n) is 4.55. The summed E-state index contributed by atoms with van der Waals surface area (Å²) in [6.07, 6.45) is 3.91. The first-order chi connectivity index (χ1) is 10.1. The van der Waals surface area contributed by atoms with Crippen molar-refractivity contribution in [2.24, 2.45) is 5.92 Å². The van der Waals surface area contributed by atoms with Gasteiger partial charge in [0.1, 0.15) is 11.3 Å². The number of carbonyl (C=O) groups excluding carboxylic acids is 1. The molecule has 1 fully saturated rings. The minimum Gasteiger partial charge on any atom is -0.496 e. The molecule has 2 aliphatic heterocycles. The average molecular weight is 290 g/mol. The van der Waals surface area contributed by atoms with E-state index in [4.69, 9.17) is 4.74 Å². The quantitative estimate of drug-likeness (QED) is 0.832. The minimum absolute atomic E-state index is 0.0176. The Labute approximate surface area is 124 Å². The smallest absolute Gasteiger partial charge is 0.259 e. The van der Waals surface area contributed by atoms with Crippen molar-refractivity contribution in [2.75, 3.05) is 20.2 Å². The standard InChI is InChI=1S/C16H22N2O3/c1-11-5-3-7-17(10-11)16(20)15-12-6-4-8-18(12)14(19)9-13(15)21-2/h9,11H,3-8,10H2,1-2H3/t11-/m0/s1. The maximum atomic E-state index is 12.9. The van der Waals surface area contributed by atoms with Gasteiger partial charge in [0.05, 0.1) is 7.11 Å². The lowest BCUT2D eigenvalue weighted by molar-refractivity contribution is 0.0677. The van der Waals surface area contributed by atoms with Crippen molar-refractivity contribution >= 4 is 5.91 Å². The second-order valence-corrected chi connectivity index (χ2v) is 6.13. The molecule has 5 heteroatoms. The maximum absolute atomic E-state index is 12.9. The van der Waals surface area contributed by atoms with Crippen molar-refractivity contribution in [1.29, 1.82) is 0 Å². The number of amides is 1. The molecule has 0 spiro atoms. The highest BCUT2D eigenvalue weighted by Crippen LogP contribution is 2.28. The Morgan fingerprint density at radius 3 is 2.86 bits per heavy atom. The molecule has 1 saturated heterocycles. The van der Waals surface area contributed by atoms with Crippen LogP contribution in [-0.2, 0) is 13.0 Å². The number of piperidine rings is 1. The zero-order valence-electron chi connectivity index (χ0n) is 12.7. The Balaban J connectivity index is 2.03. The minimum atomic E-state index is -0.0667. The predicted octanol–water partition coefficient (Wildman–Crippen LogP) is 1.68. The summed E-state index contributed by atoms with van der Waals surface area (Å²) in [4.78, 5) is 26.9. The van der Waals surface area contributed by atoms with Crippen molar-refractivity contribution in [3.05, 3.63) is 27.7 Å². The van der Waals surface area contributed by atoms with Gasteiger partial charge in [-0.1, -0.05) is 6.92 Å². The molecular weight excluding hydrogens is 268 g/mol. The summed E-state index contributed by atoms with van der Waals surface area (Å²) in [7, 11) is 1.52. The molecule has 1 atom stereocenters. The molecule has 0 aromatic carbocycles. The van der Waals surface area contributed by atoms with Crippen molar-refractivity contribution in [1.82, 2.24) is 9.47 Å². The molecule has 21 heavy (non-hydrogen) atoms. The molecule has 5 nitrogen and oxygen atoms in total. The van der Waals surface area contributed by atoms with E-state index >= 15 is 0 Å². The van der Waals surface area contributed by atoms with E-state index in [1.165, 1.54) is 19.6 Å². The van der Waals surface area contributed by atoms with Gasteiger partial charge < -0.3 is 14.2 Å². The number of carbonyl (C=O) groups is 1. The van der Waals surface area contributed by atoms with E-state index in [-0.39, 0.29) is 11.5 Å². The van der Waals surface area contributed by atoms with Gasteiger partial charge in [-0.05, 0) is 31.6 Å². The average Bonchev–Trinajstić information content (AvgIpc) is 2.96. The van der Waals surface area contributed by atoms with Crippen LogP contribution in [0, 0.1) is 5.92 Å². The normalized spacial score (nSPS) is 21.2. The lowest BCUT2D eigenvalue weighted by Gasteiger charge is -2.31. The molecule has 0 N–H and O–H groups in total. The van der Waals surface area contributed by atoms with Crippen molar-refractivity contribution in [2.45, 2.75) is 39.2 Å². The van der Waals surface area contributed by atoms with E-state index in [1.807, 2.05) is 4.90 Å².